The largest absolute Gasteiger partial charge is 0.462 e. The summed E-state index contributed by atoms with van der Waals surface area (Å²) in [6.07, 6.45) is 75.9. The monoisotopic (exact) mass is 1060 g/mol. The van der Waals surface area contributed by atoms with Crippen LogP contribution in [0, 0.1) is 0 Å². The van der Waals surface area contributed by atoms with Gasteiger partial charge in [0, 0.05) is 19.3 Å². The van der Waals surface area contributed by atoms with Crippen LogP contribution in [0.3, 0.4) is 0 Å². The molecule has 75 heavy (non-hydrogen) atoms. The molecule has 1 unspecified atom stereocenters. The molecule has 1 atom stereocenters. The molecule has 0 amide bonds. The van der Waals surface area contributed by atoms with Gasteiger partial charge in [0.2, 0.25) is 0 Å². The number of ether oxygens (including phenoxy) is 3. The minimum Gasteiger partial charge on any atom is -0.462 e. The Labute approximate surface area is 469 Å². The first-order chi connectivity index (χ1) is 37.0. The van der Waals surface area contributed by atoms with Crippen molar-refractivity contribution in [3.8, 4) is 0 Å². The predicted molar refractivity (Wildman–Crippen MR) is 326 cm³/mol. The molecule has 0 N–H and O–H groups in total. The van der Waals surface area contributed by atoms with E-state index in [0.29, 0.717) is 19.3 Å². The Morgan fingerprint density at radius 1 is 0.213 bits per heavy atom. The van der Waals surface area contributed by atoms with Gasteiger partial charge in [0.25, 0.3) is 0 Å². The van der Waals surface area contributed by atoms with E-state index in [9.17, 15) is 14.4 Å². The average Bonchev–Trinajstić information content (AvgIpc) is 3.41. The van der Waals surface area contributed by atoms with E-state index in [1.807, 2.05) is 0 Å². The Hall–Kier alpha value is -1.59. The summed E-state index contributed by atoms with van der Waals surface area (Å²) >= 11 is 0. The van der Waals surface area contributed by atoms with Crippen LogP contribution in [0.4, 0.5) is 0 Å². The first kappa shape index (κ1) is 73.4. The van der Waals surface area contributed by atoms with Crippen LogP contribution in [0.2, 0.25) is 0 Å². The molecule has 6 nitrogen and oxygen atoms in total. The molecule has 0 aliphatic rings. The number of rotatable bonds is 65. The van der Waals surface area contributed by atoms with Gasteiger partial charge in [-0.25, -0.2) is 0 Å². The lowest BCUT2D eigenvalue weighted by Gasteiger charge is -2.18. The molecule has 0 saturated carbocycles. The van der Waals surface area contributed by atoms with Gasteiger partial charge in [-0.1, -0.05) is 367 Å². The molecule has 0 spiro atoms. The number of unbranched alkanes of at least 4 members (excludes halogenated alkanes) is 54. The minimum atomic E-state index is -0.761. The minimum absolute atomic E-state index is 0.0611. The maximum Gasteiger partial charge on any atom is 0.306 e. The molecular formula is C69H134O6. The summed E-state index contributed by atoms with van der Waals surface area (Å²) in [6.45, 7) is 6.70. The highest BCUT2D eigenvalue weighted by atomic mass is 16.6. The summed E-state index contributed by atoms with van der Waals surface area (Å²) in [5.74, 6) is -0.831. The highest BCUT2D eigenvalue weighted by molar-refractivity contribution is 5.71. The van der Waals surface area contributed by atoms with E-state index < -0.39 is 6.10 Å². The summed E-state index contributed by atoms with van der Waals surface area (Å²) in [6, 6.07) is 0. The van der Waals surface area contributed by atoms with Crippen LogP contribution in [0.15, 0.2) is 0 Å². The van der Waals surface area contributed by atoms with E-state index in [4.69, 9.17) is 14.2 Å². The van der Waals surface area contributed by atoms with Crippen LogP contribution in [-0.2, 0) is 28.6 Å². The SMILES string of the molecule is CCCCCCCCCCCCCCCCCCCCCCCCCCCCCCCC(=O)OCC(COC(=O)CCCCCCCCCC)OC(=O)CCCCCCCCCCCCCCCCCCCCCC. The third-order valence-corrected chi connectivity index (χ3v) is 16.1. The molecular weight excluding hydrogens is 925 g/mol. The molecule has 0 aromatic carbocycles. The fraction of sp³-hybridized carbons (Fsp3) is 0.957. The number of hydrogen-bond acceptors (Lipinski definition) is 6. The molecule has 6 heteroatoms. The number of hydrogen-bond donors (Lipinski definition) is 0. The number of carbonyl (C=O) groups is 3. The zero-order valence-corrected chi connectivity index (χ0v) is 51.4. The van der Waals surface area contributed by atoms with Gasteiger partial charge in [0.1, 0.15) is 13.2 Å². The lowest BCUT2D eigenvalue weighted by atomic mass is 10.0. The second kappa shape index (κ2) is 64.9. The Morgan fingerprint density at radius 2 is 0.360 bits per heavy atom. The molecule has 446 valence electrons. The Morgan fingerprint density at radius 3 is 0.533 bits per heavy atom. The van der Waals surface area contributed by atoms with Crippen LogP contribution in [-0.4, -0.2) is 37.2 Å². The van der Waals surface area contributed by atoms with Crippen molar-refractivity contribution >= 4 is 17.9 Å². The molecule has 0 saturated heterocycles. The molecule has 0 rings (SSSR count). The summed E-state index contributed by atoms with van der Waals surface area (Å²) in [4.78, 5) is 38.2. The highest BCUT2D eigenvalue weighted by Gasteiger charge is 2.19. The summed E-state index contributed by atoms with van der Waals surface area (Å²) < 4.78 is 16.9. The van der Waals surface area contributed by atoms with Gasteiger partial charge < -0.3 is 14.2 Å². The van der Waals surface area contributed by atoms with E-state index in [0.717, 1.165) is 57.8 Å². The fourth-order valence-electron chi connectivity index (χ4n) is 10.9. The molecule has 0 heterocycles. The molecule has 0 bridgehead atoms. The van der Waals surface area contributed by atoms with Crippen LogP contribution in [0.25, 0.3) is 0 Å². The van der Waals surface area contributed by atoms with Crippen molar-refractivity contribution < 1.29 is 28.6 Å². The van der Waals surface area contributed by atoms with Gasteiger partial charge in [0.05, 0.1) is 0 Å². The maximum atomic E-state index is 12.9. The normalized spacial score (nSPS) is 11.9. The lowest BCUT2D eigenvalue weighted by Crippen LogP contribution is -2.30. The summed E-state index contributed by atoms with van der Waals surface area (Å²) in [5.41, 5.74) is 0. The predicted octanol–water partition coefficient (Wildman–Crippen LogP) is 23.5. The maximum absolute atomic E-state index is 12.9. The van der Waals surface area contributed by atoms with Crippen molar-refractivity contribution in [3.63, 3.8) is 0 Å². The van der Waals surface area contributed by atoms with Gasteiger partial charge in [-0.05, 0) is 19.3 Å². The molecule has 0 aromatic heterocycles. The standard InChI is InChI=1S/C69H134O6/c1-4-7-10-13-16-19-21-23-25-27-29-31-32-33-34-35-36-37-38-39-41-42-44-46-48-50-53-56-59-62-68(71)74-65-66(64-73-67(70)61-58-55-52-18-15-12-9-6-3)75-69(72)63-60-57-54-51-49-47-45-43-40-30-28-26-24-22-20-17-14-11-8-5-2/h66H,4-65H2,1-3H3. The molecule has 0 fully saturated rings. The first-order valence-electron chi connectivity index (χ1n) is 34.5. The van der Waals surface area contributed by atoms with Gasteiger partial charge in [-0.2, -0.15) is 0 Å². The lowest BCUT2D eigenvalue weighted by molar-refractivity contribution is -0.167. The Bertz CT molecular complexity index is 1120. The zero-order valence-electron chi connectivity index (χ0n) is 51.4. The van der Waals surface area contributed by atoms with E-state index in [2.05, 4.69) is 20.8 Å². The highest BCUT2D eigenvalue weighted by Crippen LogP contribution is 2.19. The number of carbonyl (C=O) groups excluding carboxylic acids is 3. The molecule has 0 aliphatic heterocycles. The average molecular weight is 1060 g/mol. The zero-order chi connectivity index (χ0) is 54.3. The third kappa shape index (κ3) is 63.1. The molecule has 0 aromatic rings. The smallest absolute Gasteiger partial charge is 0.306 e. The van der Waals surface area contributed by atoms with Gasteiger partial charge in [-0.15, -0.1) is 0 Å². The van der Waals surface area contributed by atoms with Crippen LogP contribution < -0.4 is 0 Å². The van der Waals surface area contributed by atoms with E-state index in [1.54, 1.807) is 0 Å². The van der Waals surface area contributed by atoms with Crippen LogP contribution in [0.1, 0.15) is 406 Å². The van der Waals surface area contributed by atoms with Gasteiger partial charge in [0.15, 0.2) is 6.10 Å². The first-order valence-corrected chi connectivity index (χ1v) is 34.5. The fourth-order valence-corrected chi connectivity index (χ4v) is 10.9. The van der Waals surface area contributed by atoms with E-state index >= 15 is 0 Å². The van der Waals surface area contributed by atoms with E-state index in [-0.39, 0.29) is 31.1 Å². The third-order valence-electron chi connectivity index (χ3n) is 16.1. The topological polar surface area (TPSA) is 78.9 Å². The van der Waals surface area contributed by atoms with Crippen LogP contribution >= 0.6 is 0 Å². The Balaban J connectivity index is 4.01. The van der Waals surface area contributed by atoms with Gasteiger partial charge >= 0.3 is 17.9 Å². The second-order valence-electron chi connectivity index (χ2n) is 23.8. The molecule has 0 radical (unpaired) electrons. The van der Waals surface area contributed by atoms with Crippen molar-refractivity contribution in [1.82, 2.24) is 0 Å². The summed E-state index contributed by atoms with van der Waals surface area (Å²) in [7, 11) is 0. The quantitative estimate of drug-likeness (QED) is 0.0343. The van der Waals surface area contributed by atoms with E-state index in [1.165, 1.54) is 308 Å². The van der Waals surface area contributed by atoms with Crippen molar-refractivity contribution in [3.05, 3.63) is 0 Å². The van der Waals surface area contributed by atoms with Crippen molar-refractivity contribution in [2.45, 2.75) is 412 Å². The van der Waals surface area contributed by atoms with Crippen molar-refractivity contribution in [2.24, 2.45) is 0 Å². The van der Waals surface area contributed by atoms with Crippen molar-refractivity contribution in [1.29, 1.82) is 0 Å². The van der Waals surface area contributed by atoms with Gasteiger partial charge in [-0.3, -0.25) is 14.4 Å². The van der Waals surface area contributed by atoms with Crippen LogP contribution in [0.5, 0.6) is 0 Å². The number of esters is 3. The second-order valence-corrected chi connectivity index (χ2v) is 23.8. The Kier molecular flexibility index (Phi) is 63.6. The van der Waals surface area contributed by atoms with Crippen molar-refractivity contribution in [2.75, 3.05) is 13.2 Å². The molecule has 0 aliphatic carbocycles. The summed E-state index contributed by atoms with van der Waals surface area (Å²) in [5, 5.41) is 0.